The van der Waals surface area contributed by atoms with Crippen LogP contribution in [-0.4, -0.2) is 24.0 Å². The second kappa shape index (κ2) is 9.11. The van der Waals surface area contributed by atoms with Crippen molar-refractivity contribution in [3.63, 3.8) is 0 Å². The van der Waals surface area contributed by atoms with Crippen molar-refractivity contribution in [2.45, 2.75) is 74.1 Å². The van der Waals surface area contributed by atoms with Crippen LogP contribution in [0.15, 0.2) is 41.6 Å². The first kappa shape index (κ1) is 22.5. The summed E-state index contributed by atoms with van der Waals surface area (Å²) < 4.78 is 2.44. The highest BCUT2D eigenvalue weighted by atomic mass is 15.3. The van der Waals surface area contributed by atoms with E-state index in [0.29, 0.717) is 23.7 Å². The van der Waals surface area contributed by atoms with Crippen LogP contribution in [0.5, 0.6) is 0 Å². The number of hydrogen-bond acceptors (Lipinski definition) is 1. The van der Waals surface area contributed by atoms with Crippen molar-refractivity contribution in [2.24, 2.45) is 11.8 Å². The first-order valence-electron chi connectivity index (χ1n) is 11.0. The van der Waals surface area contributed by atoms with E-state index in [0.717, 1.165) is 13.1 Å². The zero-order valence-electron chi connectivity index (χ0n) is 19.6. The van der Waals surface area contributed by atoms with Gasteiger partial charge in [-0.3, -0.25) is 0 Å². The van der Waals surface area contributed by atoms with Gasteiger partial charge in [-0.25, -0.2) is 9.48 Å². The van der Waals surface area contributed by atoms with E-state index in [1.807, 2.05) is 0 Å². The number of anilines is 1. The lowest BCUT2D eigenvalue weighted by Crippen LogP contribution is -2.22. The molecule has 0 atom stereocenters. The van der Waals surface area contributed by atoms with E-state index in [9.17, 15) is 0 Å². The van der Waals surface area contributed by atoms with Crippen molar-refractivity contribution in [1.29, 1.82) is 0 Å². The van der Waals surface area contributed by atoms with Crippen molar-refractivity contribution in [3.8, 4) is 0 Å². The molecule has 1 aromatic carbocycles. The van der Waals surface area contributed by atoms with Crippen LogP contribution in [0.2, 0.25) is 0 Å². The highest BCUT2D eigenvalue weighted by molar-refractivity contribution is 5.82. The normalized spacial score (nSPS) is 15.8. The van der Waals surface area contributed by atoms with Gasteiger partial charge in [0.05, 0.1) is 0 Å². The van der Waals surface area contributed by atoms with E-state index in [2.05, 4.69) is 103 Å². The van der Waals surface area contributed by atoms with Crippen LogP contribution in [-0.2, 0) is 0 Å². The number of allylic oxidation sites excluding steroid dienone is 2. The van der Waals surface area contributed by atoms with Gasteiger partial charge in [-0.15, -0.1) is 0 Å². The van der Waals surface area contributed by atoms with Crippen LogP contribution >= 0.6 is 0 Å². The molecule has 0 amide bonds. The molecular weight excluding hydrogens is 340 g/mol. The van der Waals surface area contributed by atoms with Gasteiger partial charge in [-0.05, 0) is 41.7 Å². The van der Waals surface area contributed by atoms with Crippen LogP contribution in [0, 0.1) is 11.8 Å². The third kappa shape index (κ3) is 4.59. The van der Waals surface area contributed by atoms with Crippen LogP contribution in [0.25, 0.3) is 0 Å². The molecule has 0 aromatic heterocycles. The van der Waals surface area contributed by atoms with Gasteiger partial charge in [0.25, 0.3) is 0 Å². The molecule has 0 bridgehead atoms. The van der Waals surface area contributed by atoms with E-state index < -0.39 is 0 Å². The lowest BCUT2D eigenvalue weighted by molar-refractivity contribution is -0.459. The molecule has 2 rings (SSSR count). The molecule has 0 N–H and O–H groups in total. The zero-order chi connectivity index (χ0) is 21.2. The van der Waals surface area contributed by atoms with E-state index in [1.165, 1.54) is 33.7 Å². The predicted octanol–water partition coefficient (Wildman–Crippen LogP) is 6.94. The Balaban J connectivity index is 2.59. The molecular formula is C26H41N2+. The van der Waals surface area contributed by atoms with Crippen LogP contribution in [0.4, 0.5) is 5.69 Å². The Morgan fingerprint density at radius 2 is 1.46 bits per heavy atom. The predicted molar refractivity (Wildman–Crippen MR) is 125 cm³/mol. The summed E-state index contributed by atoms with van der Waals surface area (Å²) in [6.45, 7) is 27.0. The lowest BCUT2D eigenvalue weighted by Gasteiger charge is -2.21. The highest BCUT2D eigenvalue weighted by Gasteiger charge is 2.31. The Labute approximate surface area is 173 Å². The molecule has 28 heavy (non-hydrogen) atoms. The van der Waals surface area contributed by atoms with Gasteiger partial charge in [-0.1, -0.05) is 80.2 Å². The van der Waals surface area contributed by atoms with E-state index in [-0.39, 0.29) is 0 Å². The summed E-state index contributed by atoms with van der Waals surface area (Å²) in [5, 5.41) is 0. The van der Waals surface area contributed by atoms with Crippen molar-refractivity contribution in [2.75, 3.05) is 18.0 Å². The minimum Gasteiger partial charge on any atom is -0.229 e. The van der Waals surface area contributed by atoms with Gasteiger partial charge in [-0.2, -0.15) is 0 Å². The third-order valence-electron chi connectivity index (χ3n) is 6.02. The average molecular weight is 382 g/mol. The van der Waals surface area contributed by atoms with Gasteiger partial charge in [0, 0.05) is 11.1 Å². The maximum absolute atomic E-state index is 4.45. The highest BCUT2D eigenvalue weighted by Crippen LogP contribution is 2.36. The summed E-state index contributed by atoms with van der Waals surface area (Å²) in [6.07, 6.45) is 2.34. The number of benzene rings is 1. The number of hydrogen-bond donors (Lipinski definition) is 0. The van der Waals surface area contributed by atoms with Crippen LogP contribution < -0.4 is 4.90 Å². The molecule has 0 aliphatic carbocycles. The van der Waals surface area contributed by atoms with Gasteiger partial charge < -0.3 is 0 Å². The fourth-order valence-electron chi connectivity index (χ4n) is 3.89. The summed E-state index contributed by atoms with van der Waals surface area (Å²) in [4.78, 5) is 2.48. The second-order valence-corrected chi connectivity index (χ2v) is 9.46. The summed E-state index contributed by atoms with van der Waals surface area (Å²) in [5.41, 5.74) is 8.30. The maximum atomic E-state index is 4.45. The molecule has 0 unspecified atom stereocenters. The number of rotatable bonds is 7. The summed E-state index contributed by atoms with van der Waals surface area (Å²) in [6, 6.07) is 6.81. The molecule has 0 fully saturated rings. The molecule has 1 aliphatic heterocycles. The monoisotopic (exact) mass is 381 g/mol. The Kier molecular flexibility index (Phi) is 7.31. The van der Waals surface area contributed by atoms with Gasteiger partial charge in [0.2, 0.25) is 6.34 Å². The van der Waals surface area contributed by atoms with E-state index >= 15 is 0 Å². The van der Waals surface area contributed by atoms with Crippen molar-refractivity contribution >= 4 is 12.0 Å². The minimum absolute atomic E-state index is 0.445. The molecule has 1 aromatic rings. The molecule has 154 valence electrons. The molecule has 0 radical (unpaired) electrons. The summed E-state index contributed by atoms with van der Waals surface area (Å²) >= 11 is 0. The molecule has 0 saturated heterocycles. The topological polar surface area (TPSA) is 6.25 Å². The number of nitrogens with zero attached hydrogens (tertiary/aromatic N) is 2. The van der Waals surface area contributed by atoms with Gasteiger partial charge >= 0.3 is 0 Å². The standard InChI is InChI=1S/C26H41N2/c1-17(2)21(9)25(22(10)18(3)4)27-14-15-28(16-27)26-23(19(5)6)12-11-13-24(26)20(7)8/h11-13,16-20H,9,14-15H2,1-8,10H3/q+1. The smallest absolute Gasteiger partial charge is 0.229 e. The minimum atomic E-state index is 0.445. The second-order valence-electron chi connectivity index (χ2n) is 9.46. The number of para-hydroxylation sites is 1. The zero-order valence-corrected chi connectivity index (χ0v) is 19.6. The lowest BCUT2D eigenvalue weighted by atomic mass is 9.92. The Hall–Kier alpha value is -1.83. The van der Waals surface area contributed by atoms with E-state index in [1.54, 1.807) is 0 Å². The van der Waals surface area contributed by atoms with Crippen molar-refractivity contribution < 1.29 is 4.58 Å². The summed E-state index contributed by atoms with van der Waals surface area (Å²) in [7, 11) is 0. The van der Waals surface area contributed by atoms with E-state index in [4.69, 9.17) is 0 Å². The van der Waals surface area contributed by atoms with Gasteiger partial charge in [0.15, 0.2) is 0 Å². The fraction of sp³-hybridized carbons (Fsp3) is 0.577. The van der Waals surface area contributed by atoms with Gasteiger partial charge in [0.1, 0.15) is 24.5 Å². The first-order chi connectivity index (χ1) is 13.1. The SMILES string of the molecule is C=C(C(=C(C)C(C)C)[N+]1=CN(c2c(C(C)C)cccc2C(C)C)CC1)C(C)C. The molecule has 1 heterocycles. The fourth-order valence-corrected chi connectivity index (χ4v) is 3.89. The average Bonchev–Trinajstić information content (AvgIpc) is 3.09. The largest absolute Gasteiger partial charge is 0.244 e. The van der Waals surface area contributed by atoms with Crippen LogP contribution in [0.3, 0.4) is 0 Å². The molecule has 0 saturated carbocycles. The first-order valence-corrected chi connectivity index (χ1v) is 11.0. The molecule has 2 nitrogen and oxygen atoms in total. The summed E-state index contributed by atoms with van der Waals surface area (Å²) in [5.74, 6) is 1.98. The molecule has 2 heteroatoms. The quantitative estimate of drug-likeness (QED) is 0.366. The Morgan fingerprint density at radius 3 is 1.89 bits per heavy atom. The van der Waals surface area contributed by atoms with Crippen molar-refractivity contribution in [3.05, 3.63) is 52.7 Å². The Morgan fingerprint density at radius 1 is 0.929 bits per heavy atom. The Bertz CT molecular complexity index is 749. The molecule has 1 aliphatic rings. The molecule has 0 spiro atoms. The van der Waals surface area contributed by atoms with Crippen LogP contribution in [0.1, 0.15) is 85.3 Å². The maximum Gasteiger partial charge on any atom is 0.244 e. The third-order valence-corrected chi connectivity index (χ3v) is 6.02. The van der Waals surface area contributed by atoms with Crippen molar-refractivity contribution in [1.82, 2.24) is 0 Å².